The van der Waals surface area contributed by atoms with Crippen molar-refractivity contribution in [1.82, 2.24) is 23.8 Å². The molecule has 1 N–H and O–H groups in total. The molecule has 0 unspecified atom stereocenters. The van der Waals surface area contributed by atoms with Gasteiger partial charge in [-0.1, -0.05) is 29.3 Å². The van der Waals surface area contributed by atoms with Crippen LogP contribution in [0, 0.1) is 12.7 Å². The minimum atomic E-state index is -4.01. The van der Waals surface area contributed by atoms with Gasteiger partial charge < -0.3 is 10.2 Å². The lowest BCUT2D eigenvalue weighted by atomic mass is 9.90. The van der Waals surface area contributed by atoms with Gasteiger partial charge in [0.25, 0.3) is 10.0 Å². The predicted molar refractivity (Wildman–Crippen MR) is 150 cm³/mol. The highest BCUT2D eigenvalue weighted by atomic mass is 35.5. The Morgan fingerprint density at radius 2 is 1.90 bits per heavy atom. The van der Waals surface area contributed by atoms with Gasteiger partial charge in [-0.2, -0.15) is 0 Å². The molecule has 2 aliphatic rings. The number of pyridine rings is 1. The van der Waals surface area contributed by atoms with Crippen LogP contribution in [0.15, 0.2) is 53.8 Å². The number of amides is 1. The minimum Gasteiger partial charge on any atom is -0.365 e. The van der Waals surface area contributed by atoms with E-state index in [0.717, 1.165) is 48.0 Å². The zero-order valence-electron chi connectivity index (χ0n) is 21.8. The summed E-state index contributed by atoms with van der Waals surface area (Å²) >= 11 is 6.24. The quantitative estimate of drug-likeness (QED) is 0.334. The number of aromatic nitrogens is 4. The zero-order chi connectivity index (χ0) is 28.0. The Bertz CT molecular complexity index is 1710. The number of hydrogen-bond acceptors (Lipinski definition) is 7. The van der Waals surface area contributed by atoms with E-state index < -0.39 is 15.8 Å². The van der Waals surface area contributed by atoms with E-state index in [2.05, 4.69) is 20.3 Å². The molecular weight excluding hydrogens is 555 g/mol. The van der Waals surface area contributed by atoms with Crippen molar-refractivity contribution in [1.29, 1.82) is 0 Å². The predicted octanol–water partition coefficient (Wildman–Crippen LogP) is 5.18. The van der Waals surface area contributed by atoms with Crippen molar-refractivity contribution in [3.8, 4) is 11.4 Å². The summed E-state index contributed by atoms with van der Waals surface area (Å²) in [6, 6.07) is 8.18. The van der Waals surface area contributed by atoms with E-state index >= 15 is 0 Å². The highest BCUT2D eigenvalue weighted by Gasteiger charge is 2.32. The third-order valence-corrected chi connectivity index (χ3v) is 9.55. The highest BCUT2D eigenvalue weighted by molar-refractivity contribution is 7.90. The number of anilines is 1. The molecule has 208 valence electrons. The molecule has 1 saturated carbocycles. The topological polar surface area (TPSA) is 110 Å². The summed E-state index contributed by atoms with van der Waals surface area (Å²) in [5, 5.41) is 3.96. The molecule has 9 nitrogen and oxygen atoms in total. The monoisotopic (exact) mass is 582 g/mol. The number of nitrogens with one attached hydrogen (secondary N) is 1. The number of carbonyl (C=O) groups excluding carboxylic acids is 1. The summed E-state index contributed by atoms with van der Waals surface area (Å²) in [5.74, 6) is -0.265. The van der Waals surface area contributed by atoms with E-state index in [1.165, 1.54) is 24.5 Å². The fourth-order valence-corrected chi connectivity index (χ4v) is 7.15. The SMILES string of the molecule is Cc1ccc(S(=O)(=O)n2cc(-c3ncc(F)c(N[C@H]4CCC[C@@H](N5CCCC5=O)C4)n3)c3cc(Cl)cnc32)cc1. The molecule has 4 heterocycles. The normalized spacial score (nSPS) is 19.9. The van der Waals surface area contributed by atoms with E-state index in [-0.39, 0.29) is 40.2 Å². The van der Waals surface area contributed by atoms with Crippen molar-refractivity contribution >= 4 is 44.4 Å². The molecule has 40 heavy (non-hydrogen) atoms. The van der Waals surface area contributed by atoms with E-state index in [1.807, 2.05) is 11.8 Å². The van der Waals surface area contributed by atoms with Crippen LogP contribution in [-0.4, -0.2) is 56.8 Å². The van der Waals surface area contributed by atoms with E-state index in [4.69, 9.17) is 11.6 Å². The number of nitrogens with zero attached hydrogens (tertiary/aromatic N) is 5. The summed E-state index contributed by atoms with van der Waals surface area (Å²) in [4.78, 5) is 27.3. The summed E-state index contributed by atoms with van der Waals surface area (Å²) < 4.78 is 43.2. The smallest absolute Gasteiger partial charge is 0.269 e. The van der Waals surface area contributed by atoms with Gasteiger partial charge in [-0.3, -0.25) is 4.79 Å². The number of benzene rings is 1. The first kappa shape index (κ1) is 26.6. The molecule has 1 aliphatic heterocycles. The molecule has 1 saturated heterocycles. The van der Waals surface area contributed by atoms with Crippen molar-refractivity contribution in [2.45, 2.75) is 62.4 Å². The van der Waals surface area contributed by atoms with Gasteiger partial charge in [0.05, 0.1) is 16.1 Å². The second kappa shape index (κ2) is 10.4. The third kappa shape index (κ3) is 4.92. The van der Waals surface area contributed by atoms with Crippen molar-refractivity contribution in [2.24, 2.45) is 0 Å². The highest BCUT2D eigenvalue weighted by Crippen LogP contribution is 2.34. The molecule has 1 aliphatic carbocycles. The van der Waals surface area contributed by atoms with Crippen LogP contribution in [0.25, 0.3) is 22.4 Å². The fourth-order valence-electron chi connectivity index (χ4n) is 5.66. The Kier molecular flexibility index (Phi) is 6.95. The van der Waals surface area contributed by atoms with Gasteiger partial charge in [0.1, 0.15) is 0 Å². The molecule has 2 atom stereocenters. The van der Waals surface area contributed by atoms with Crippen LogP contribution in [0.2, 0.25) is 5.02 Å². The molecule has 0 bridgehead atoms. The summed E-state index contributed by atoms with van der Waals surface area (Å²) in [7, 11) is -4.01. The summed E-state index contributed by atoms with van der Waals surface area (Å²) in [6.07, 6.45) is 8.69. The average Bonchev–Trinajstić information content (AvgIpc) is 3.54. The molecule has 1 aromatic carbocycles. The number of rotatable bonds is 6. The minimum absolute atomic E-state index is 0.0284. The standard InChI is InChI=1S/C28H28ClFN6O3S/c1-17-7-9-21(10-8-17)40(38,39)36-16-23(22-12-18(29)14-32-28(22)36)26-31-15-24(30)27(34-26)33-19-4-2-5-20(13-19)35-11-3-6-25(35)37/h7-10,12,14-16,19-20H,2-6,11,13H2,1H3,(H,31,33,34)/t19-,20+/m0/s1. The van der Waals surface area contributed by atoms with Gasteiger partial charge in [-0.25, -0.2) is 31.7 Å². The Hall–Kier alpha value is -3.57. The maximum absolute atomic E-state index is 14.9. The summed E-state index contributed by atoms with van der Waals surface area (Å²) in [5.41, 5.74) is 1.44. The number of carbonyl (C=O) groups is 1. The van der Waals surface area contributed by atoms with E-state index in [0.29, 0.717) is 28.8 Å². The van der Waals surface area contributed by atoms with Gasteiger partial charge in [0.2, 0.25) is 5.91 Å². The van der Waals surface area contributed by atoms with Crippen molar-refractivity contribution < 1.29 is 17.6 Å². The lowest BCUT2D eigenvalue weighted by molar-refractivity contribution is -0.130. The molecule has 0 radical (unpaired) electrons. The largest absolute Gasteiger partial charge is 0.365 e. The number of hydrogen-bond donors (Lipinski definition) is 1. The number of halogens is 2. The second-order valence-corrected chi connectivity index (χ2v) is 12.7. The maximum Gasteiger partial charge on any atom is 0.269 e. The number of fused-ring (bicyclic) bond motifs is 1. The average molecular weight is 583 g/mol. The summed E-state index contributed by atoms with van der Waals surface area (Å²) in [6.45, 7) is 2.65. The lowest BCUT2D eigenvalue weighted by Crippen LogP contribution is -2.42. The Labute approximate surface area is 236 Å². The van der Waals surface area contributed by atoms with Gasteiger partial charge in [-0.15, -0.1) is 0 Å². The van der Waals surface area contributed by atoms with Crippen LogP contribution in [-0.2, 0) is 14.8 Å². The first-order valence-corrected chi connectivity index (χ1v) is 15.1. The molecule has 6 rings (SSSR count). The number of aryl methyl sites for hydroxylation is 1. The van der Waals surface area contributed by atoms with Gasteiger partial charge >= 0.3 is 0 Å². The second-order valence-electron chi connectivity index (χ2n) is 10.4. The first-order chi connectivity index (χ1) is 19.2. The van der Waals surface area contributed by atoms with Crippen LogP contribution in [0.1, 0.15) is 44.1 Å². The van der Waals surface area contributed by atoms with Crippen molar-refractivity contribution in [3.05, 3.63) is 65.3 Å². The van der Waals surface area contributed by atoms with E-state index in [9.17, 15) is 17.6 Å². The van der Waals surface area contributed by atoms with Crippen molar-refractivity contribution in [3.63, 3.8) is 0 Å². The molecule has 4 aromatic rings. The maximum atomic E-state index is 14.9. The van der Waals surface area contributed by atoms with Crippen LogP contribution in [0.5, 0.6) is 0 Å². The Morgan fingerprint density at radius 1 is 1.10 bits per heavy atom. The Morgan fingerprint density at radius 3 is 2.65 bits per heavy atom. The number of likely N-dealkylation sites (tertiary alicyclic amines) is 1. The Balaban J connectivity index is 1.35. The molecule has 2 fully saturated rings. The van der Waals surface area contributed by atoms with Crippen LogP contribution < -0.4 is 5.32 Å². The van der Waals surface area contributed by atoms with Crippen LogP contribution in [0.3, 0.4) is 0 Å². The van der Waals surface area contributed by atoms with Crippen molar-refractivity contribution in [2.75, 3.05) is 11.9 Å². The van der Waals surface area contributed by atoms with Gasteiger partial charge in [-0.05, 0) is 57.2 Å². The van der Waals surface area contributed by atoms with Gasteiger partial charge in [0, 0.05) is 48.4 Å². The molecule has 12 heteroatoms. The molecule has 0 spiro atoms. The van der Waals surface area contributed by atoms with Crippen LogP contribution >= 0.6 is 11.6 Å². The molecular formula is C28H28ClFN6O3S. The van der Waals surface area contributed by atoms with Gasteiger partial charge in [0.15, 0.2) is 23.1 Å². The molecule has 1 amide bonds. The first-order valence-electron chi connectivity index (χ1n) is 13.3. The van der Waals surface area contributed by atoms with E-state index in [1.54, 1.807) is 18.2 Å². The lowest BCUT2D eigenvalue weighted by Gasteiger charge is -2.35. The molecule has 3 aromatic heterocycles. The zero-order valence-corrected chi connectivity index (χ0v) is 23.4. The third-order valence-electron chi connectivity index (χ3n) is 7.68. The van der Waals surface area contributed by atoms with Crippen LogP contribution in [0.4, 0.5) is 10.2 Å². The fraction of sp³-hybridized carbons (Fsp3) is 0.357.